The molecular formula is C20H16FNO3. The number of fused-ring (bicyclic) bond motifs is 2. The summed E-state index contributed by atoms with van der Waals surface area (Å²) >= 11 is 0. The van der Waals surface area contributed by atoms with Crippen LogP contribution in [0.25, 0.3) is 6.08 Å². The van der Waals surface area contributed by atoms with Gasteiger partial charge in [0.25, 0.3) is 11.8 Å². The van der Waals surface area contributed by atoms with E-state index in [9.17, 15) is 14.0 Å². The summed E-state index contributed by atoms with van der Waals surface area (Å²) in [7, 11) is 0. The van der Waals surface area contributed by atoms with Gasteiger partial charge in [-0.2, -0.15) is 0 Å². The number of carbonyl (C=O) groups excluding carboxylic acids is 2. The van der Waals surface area contributed by atoms with Gasteiger partial charge >= 0.3 is 0 Å². The highest BCUT2D eigenvalue weighted by Gasteiger charge is 2.49. The second-order valence-electron chi connectivity index (χ2n) is 6.62. The van der Waals surface area contributed by atoms with E-state index in [2.05, 4.69) is 0 Å². The fourth-order valence-corrected chi connectivity index (χ4v) is 3.39. The molecule has 1 unspecified atom stereocenters. The molecule has 2 amide bonds. The van der Waals surface area contributed by atoms with Gasteiger partial charge in [-0.15, -0.1) is 0 Å². The zero-order valence-corrected chi connectivity index (χ0v) is 13.8. The van der Waals surface area contributed by atoms with E-state index in [-0.39, 0.29) is 5.57 Å². The van der Waals surface area contributed by atoms with Crippen molar-refractivity contribution < 1.29 is 18.7 Å². The molecule has 1 atom stereocenters. The van der Waals surface area contributed by atoms with Gasteiger partial charge < -0.3 is 4.74 Å². The molecule has 4 rings (SSSR count). The number of anilines is 1. The van der Waals surface area contributed by atoms with Crippen molar-refractivity contribution in [3.63, 3.8) is 0 Å². The van der Waals surface area contributed by atoms with E-state index in [1.54, 1.807) is 56.3 Å². The van der Waals surface area contributed by atoms with Crippen LogP contribution in [0.1, 0.15) is 25.0 Å². The van der Waals surface area contributed by atoms with Crippen molar-refractivity contribution in [1.82, 2.24) is 0 Å². The van der Waals surface area contributed by atoms with Gasteiger partial charge in [-0.3, -0.25) is 9.59 Å². The molecule has 4 nitrogen and oxygen atoms in total. The third kappa shape index (κ3) is 2.31. The lowest BCUT2D eigenvalue weighted by atomic mass is 9.92. The summed E-state index contributed by atoms with van der Waals surface area (Å²) in [5, 5.41) is 0. The van der Waals surface area contributed by atoms with Crippen LogP contribution in [0, 0.1) is 5.82 Å². The molecular weight excluding hydrogens is 321 g/mol. The quantitative estimate of drug-likeness (QED) is 0.749. The van der Waals surface area contributed by atoms with Gasteiger partial charge in [0.15, 0.2) is 6.10 Å². The number of hydrogen-bond acceptors (Lipinski definition) is 3. The number of hydrogen-bond donors (Lipinski definition) is 0. The zero-order chi connectivity index (χ0) is 17.8. The Morgan fingerprint density at radius 3 is 2.48 bits per heavy atom. The number of benzene rings is 2. The maximum absolute atomic E-state index is 14.4. The minimum atomic E-state index is -1.05. The summed E-state index contributed by atoms with van der Waals surface area (Å²) in [6.45, 7) is 3.54. The molecule has 25 heavy (non-hydrogen) atoms. The molecule has 1 saturated heterocycles. The molecule has 0 bridgehead atoms. The van der Waals surface area contributed by atoms with Crippen LogP contribution in [-0.2, 0) is 19.9 Å². The normalized spacial score (nSPS) is 21.5. The number of imide groups is 1. The maximum atomic E-state index is 14.4. The van der Waals surface area contributed by atoms with Crippen molar-refractivity contribution in [3.05, 3.63) is 71.0 Å². The van der Waals surface area contributed by atoms with Crippen LogP contribution in [0.15, 0.2) is 54.1 Å². The van der Waals surface area contributed by atoms with E-state index in [0.29, 0.717) is 16.8 Å². The third-order valence-electron chi connectivity index (χ3n) is 4.61. The highest BCUT2D eigenvalue weighted by molar-refractivity contribution is 6.32. The molecule has 0 radical (unpaired) electrons. The van der Waals surface area contributed by atoms with Crippen molar-refractivity contribution >= 4 is 23.6 Å². The number of ether oxygens (including phenoxy) is 1. The van der Waals surface area contributed by atoms with Gasteiger partial charge in [0, 0.05) is 5.56 Å². The lowest BCUT2D eigenvalue weighted by Crippen LogP contribution is -2.36. The number of amides is 2. The monoisotopic (exact) mass is 337 g/mol. The summed E-state index contributed by atoms with van der Waals surface area (Å²) < 4.78 is 20.4. The van der Waals surface area contributed by atoms with Crippen LogP contribution < -0.4 is 4.90 Å². The van der Waals surface area contributed by atoms with Crippen LogP contribution in [-0.4, -0.2) is 17.9 Å². The smallest absolute Gasteiger partial charge is 0.268 e. The zero-order valence-electron chi connectivity index (χ0n) is 13.8. The maximum Gasteiger partial charge on any atom is 0.268 e. The summed E-state index contributed by atoms with van der Waals surface area (Å²) in [5.41, 5.74) is 0.623. The Morgan fingerprint density at radius 2 is 1.76 bits per heavy atom. The standard InChI is InChI=1S/C20H16FNO3/c1-20(2)15-9-6-10-16(21)13(15)11-14-17(25-20)19(24)22(18(14)23)12-7-4-3-5-8-12/h3-11,17H,1-2H3. The van der Waals surface area contributed by atoms with E-state index in [1.807, 2.05) is 0 Å². The first kappa shape index (κ1) is 15.7. The second kappa shape index (κ2) is 5.36. The first-order valence-electron chi connectivity index (χ1n) is 8.02. The number of nitrogens with zero attached hydrogens (tertiary/aromatic N) is 1. The van der Waals surface area contributed by atoms with Crippen LogP contribution in [0.5, 0.6) is 0 Å². The fraction of sp³-hybridized carbons (Fsp3) is 0.200. The lowest BCUT2D eigenvalue weighted by Gasteiger charge is -2.28. The predicted molar refractivity (Wildman–Crippen MR) is 91.2 cm³/mol. The molecule has 5 heteroatoms. The van der Waals surface area contributed by atoms with Gasteiger partial charge in [-0.25, -0.2) is 9.29 Å². The van der Waals surface area contributed by atoms with E-state index < -0.39 is 29.3 Å². The second-order valence-corrected chi connectivity index (χ2v) is 6.62. The summed E-state index contributed by atoms with van der Waals surface area (Å²) in [5.74, 6) is -1.38. The Balaban J connectivity index is 1.89. The highest BCUT2D eigenvalue weighted by Crippen LogP contribution is 2.40. The predicted octanol–water partition coefficient (Wildman–Crippen LogP) is 3.42. The Labute approximate surface area is 144 Å². The average molecular weight is 337 g/mol. The highest BCUT2D eigenvalue weighted by atomic mass is 19.1. The number of carbonyl (C=O) groups is 2. The largest absolute Gasteiger partial charge is 0.353 e. The van der Waals surface area contributed by atoms with Gasteiger partial charge in [-0.05, 0) is 43.7 Å². The fourth-order valence-electron chi connectivity index (χ4n) is 3.39. The Kier molecular flexibility index (Phi) is 3.37. The van der Waals surface area contributed by atoms with Gasteiger partial charge in [-0.1, -0.05) is 30.3 Å². The van der Waals surface area contributed by atoms with E-state index in [0.717, 1.165) is 4.90 Å². The van der Waals surface area contributed by atoms with Gasteiger partial charge in [0.2, 0.25) is 0 Å². The molecule has 2 aromatic rings. The molecule has 0 saturated carbocycles. The molecule has 126 valence electrons. The first-order chi connectivity index (χ1) is 11.9. The number of rotatable bonds is 1. The molecule has 0 aromatic heterocycles. The van der Waals surface area contributed by atoms with Crippen molar-refractivity contribution in [3.8, 4) is 0 Å². The molecule has 0 spiro atoms. The SMILES string of the molecule is CC1(C)OC2C(=O)N(c3ccccc3)C(=O)C2=Cc2c(F)cccc21. The molecule has 2 heterocycles. The first-order valence-corrected chi connectivity index (χ1v) is 8.02. The number of para-hydroxylation sites is 1. The van der Waals surface area contributed by atoms with Crippen LogP contribution in [0.3, 0.4) is 0 Å². The van der Waals surface area contributed by atoms with Crippen molar-refractivity contribution in [1.29, 1.82) is 0 Å². The summed E-state index contributed by atoms with van der Waals surface area (Å²) in [4.78, 5) is 26.8. The summed E-state index contributed by atoms with van der Waals surface area (Å²) in [6.07, 6.45) is 0.405. The van der Waals surface area contributed by atoms with E-state index >= 15 is 0 Å². The molecule has 0 N–H and O–H groups in total. The Morgan fingerprint density at radius 1 is 1.04 bits per heavy atom. The summed E-state index contributed by atoms with van der Waals surface area (Å²) in [6, 6.07) is 13.3. The minimum absolute atomic E-state index is 0.158. The van der Waals surface area contributed by atoms with Crippen LogP contribution in [0.4, 0.5) is 10.1 Å². The average Bonchev–Trinajstić information content (AvgIpc) is 2.73. The Bertz CT molecular complexity index is 918. The van der Waals surface area contributed by atoms with Crippen LogP contribution >= 0.6 is 0 Å². The topological polar surface area (TPSA) is 46.6 Å². The van der Waals surface area contributed by atoms with E-state index in [1.165, 1.54) is 12.1 Å². The minimum Gasteiger partial charge on any atom is -0.353 e. The lowest BCUT2D eigenvalue weighted by molar-refractivity contribution is -0.135. The molecule has 2 aliphatic rings. The van der Waals surface area contributed by atoms with E-state index in [4.69, 9.17) is 4.74 Å². The Hall–Kier alpha value is -2.79. The third-order valence-corrected chi connectivity index (χ3v) is 4.61. The molecule has 2 aromatic carbocycles. The molecule has 1 fully saturated rings. The van der Waals surface area contributed by atoms with Crippen molar-refractivity contribution in [2.75, 3.05) is 4.90 Å². The van der Waals surface area contributed by atoms with Crippen molar-refractivity contribution in [2.24, 2.45) is 0 Å². The molecule has 2 aliphatic heterocycles. The molecule has 0 aliphatic carbocycles. The number of halogens is 1. The van der Waals surface area contributed by atoms with Crippen LogP contribution in [0.2, 0.25) is 0 Å². The van der Waals surface area contributed by atoms with Crippen molar-refractivity contribution in [2.45, 2.75) is 25.6 Å². The van der Waals surface area contributed by atoms with Gasteiger partial charge in [0.05, 0.1) is 16.9 Å². The van der Waals surface area contributed by atoms with Gasteiger partial charge in [0.1, 0.15) is 5.82 Å².